The van der Waals surface area contributed by atoms with E-state index >= 15 is 0 Å². The lowest BCUT2D eigenvalue weighted by atomic mass is 10.0. The maximum Gasteiger partial charge on any atom is 0.321 e. The molecule has 2 aromatic carbocycles. The highest BCUT2D eigenvalue weighted by atomic mass is 32.2. The first-order valence-corrected chi connectivity index (χ1v) is 10.9. The van der Waals surface area contributed by atoms with E-state index in [2.05, 4.69) is 5.32 Å². The molecule has 8 heteroatoms. The molecule has 0 saturated carbocycles. The second-order valence-corrected chi connectivity index (χ2v) is 8.87. The zero-order valence-corrected chi connectivity index (χ0v) is 17.6. The molecule has 30 heavy (non-hydrogen) atoms. The van der Waals surface area contributed by atoms with Crippen LogP contribution in [0.4, 0.5) is 14.9 Å². The molecule has 2 aliphatic heterocycles. The number of hydrogen-bond acceptors (Lipinski definition) is 4. The lowest BCUT2D eigenvalue weighted by Crippen LogP contribution is -2.54. The van der Waals surface area contributed by atoms with Gasteiger partial charge < -0.3 is 19.9 Å². The number of nitrogens with zero attached hydrogens (tertiary/aromatic N) is 2. The average Bonchev–Trinajstić information content (AvgIpc) is 3.16. The first-order chi connectivity index (χ1) is 14.5. The third-order valence-corrected chi connectivity index (χ3v) is 7.20. The van der Waals surface area contributed by atoms with Crippen molar-refractivity contribution in [3.63, 3.8) is 0 Å². The monoisotopic (exact) mass is 429 g/mol. The number of likely N-dealkylation sites (tertiary alicyclic amines) is 1. The summed E-state index contributed by atoms with van der Waals surface area (Å²) < 4.78 is 18.8. The Morgan fingerprint density at radius 1 is 1.10 bits per heavy atom. The topological polar surface area (TPSA) is 61.9 Å². The predicted octanol–water partition coefficient (Wildman–Crippen LogP) is 4.05. The molecular weight excluding hydrogens is 405 g/mol. The van der Waals surface area contributed by atoms with Gasteiger partial charge in [-0.25, -0.2) is 9.18 Å². The molecular formula is C22H24FN3O3S. The summed E-state index contributed by atoms with van der Waals surface area (Å²) in [5, 5.41) is 2.91. The fraction of sp³-hybridized carbons (Fsp3) is 0.364. The Hall–Kier alpha value is -2.74. The third kappa shape index (κ3) is 4.09. The Labute approximate surface area is 179 Å². The summed E-state index contributed by atoms with van der Waals surface area (Å²) in [5.74, 6) is 0.968. The van der Waals surface area contributed by atoms with Crippen LogP contribution in [0.2, 0.25) is 0 Å². The minimum Gasteiger partial charge on any atom is -0.497 e. The van der Waals surface area contributed by atoms with Gasteiger partial charge in [0.1, 0.15) is 11.6 Å². The molecule has 0 bridgehead atoms. The predicted molar refractivity (Wildman–Crippen MR) is 115 cm³/mol. The standard InChI is InChI=1S/C22H24FN3O3S/c1-29-19-7-3-6-18(15-19)24-21(28)25-10-8-22(9-11-25)26(12-13-30-22)20(27)16-4-2-5-17(23)14-16/h2-7,14-15H,8-13H2,1H3,(H,24,28). The van der Waals surface area contributed by atoms with Gasteiger partial charge in [0.15, 0.2) is 0 Å². The van der Waals surface area contributed by atoms with Crippen LogP contribution in [-0.2, 0) is 0 Å². The van der Waals surface area contributed by atoms with Crippen LogP contribution < -0.4 is 10.1 Å². The quantitative estimate of drug-likeness (QED) is 0.800. The largest absolute Gasteiger partial charge is 0.497 e. The van der Waals surface area contributed by atoms with Crippen LogP contribution in [0.25, 0.3) is 0 Å². The molecule has 2 aliphatic rings. The van der Waals surface area contributed by atoms with Gasteiger partial charge in [0.25, 0.3) is 5.91 Å². The van der Waals surface area contributed by atoms with Crippen molar-refractivity contribution < 1.29 is 18.7 Å². The van der Waals surface area contributed by atoms with Gasteiger partial charge >= 0.3 is 6.03 Å². The number of thioether (sulfide) groups is 1. The van der Waals surface area contributed by atoms with Crippen molar-refractivity contribution in [2.24, 2.45) is 0 Å². The molecule has 1 spiro atoms. The van der Waals surface area contributed by atoms with Crippen LogP contribution in [0.5, 0.6) is 5.75 Å². The molecule has 2 saturated heterocycles. The van der Waals surface area contributed by atoms with Crippen molar-refractivity contribution in [3.8, 4) is 5.75 Å². The minimum absolute atomic E-state index is 0.145. The fourth-order valence-electron chi connectivity index (χ4n) is 4.05. The van der Waals surface area contributed by atoms with Crippen LogP contribution in [0.15, 0.2) is 48.5 Å². The molecule has 0 atom stereocenters. The first kappa shape index (κ1) is 20.5. The minimum atomic E-state index is -0.411. The van der Waals surface area contributed by atoms with Gasteiger partial charge in [0, 0.05) is 42.7 Å². The number of benzene rings is 2. The van der Waals surface area contributed by atoms with E-state index < -0.39 is 5.82 Å². The summed E-state index contributed by atoms with van der Waals surface area (Å²) >= 11 is 1.76. The molecule has 4 rings (SSSR count). The second kappa shape index (κ2) is 8.55. The molecule has 158 valence electrons. The SMILES string of the molecule is COc1cccc(NC(=O)N2CCC3(CC2)SCCN3C(=O)c2cccc(F)c2)c1. The molecule has 0 aliphatic carbocycles. The maximum absolute atomic E-state index is 13.6. The van der Waals surface area contributed by atoms with Gasteiger partial charge in [-0.3, -0.25) is 4.79 Å². The van der Waals surface area contributed by atoms with E-state index in [1.165, 1.54) is 12.1 Å². The summed E-state index contributed by atoms with van der Waals surface area (Å²) in [4.78, 5) is 29.0. The Morgan fingerprint density at radius 2 is 1.87 bits per heavy atom. The zero-order valence-electron chi connectivity index (χ0n) is 16.8. The summed E-state index contributed by atoms with van der Waals surface area (Å²) in [7, 11) is 1.58. The third-order valence-electron chi connectivity index (χ3n) is 5.65. The Bertz CT molecular complexity index is 947. The number of carbonyl (C=O) groups is 2. The number of urea groups is 1. The van der Waals surface area contributed by atoms with Crippen LogP contribution in [0, 0.1) is 5.82 Å². The number of halogens is 1. The molecule has 2 heterocycles. The molecule has 0 aromatic heterocycles. The van der Waals surface area contributed by atoms with Crippen LogP contribution in [-0.4, -0.2) is 59.1 Å². The number of amides is 3. The fourth-order valence-corrected chi connectivity index (χ4v) is 5.50. The van der Waals surface area contributed by atoms with E-state index in [4.69, 9.17) is 4.74 Å². The summed E-state index contributed by atoms with van der Waals surface area (Å²) in [5.41, 5.74) is 1.05. The lowest BCUT2D eigenvalue weighted by molar-refractivity contribution is 0.0585. The van der Waals surface area contributed by atoms with Gasteiger partial charge in [-0.15, -0.1) is 11.8 Å². The van der Waals surface area contributed by atoms with Crippen molar-refractivity contribution in [3.05, 3.63) is 59.9 Å². The molecule has 2 fully saturated rings. The van der Waals surface area contributed by atoms with Crippen molar-refractivity contribution in [1.29, 1.82) is 0 Å². The summed E-state index contributed by atoms with van der Waals surface area (Å²) in [6.07, 6.45) is 1.37. The highest BCUT2D eigenvalue weighted by Crippen LogP contribution is 2.44. The van der Waals surface area contributed by atoms with E-state index in [0.717, 1.165) is 5.75 Å². The number of ether oxygens (including phenoxy) is 1. The molecule has 2 aromatic rings. The molecule has 0 radical (unpaired) electrons. The van der Waals surface area contributed by atoms with Crippen LogP contribution in [0.1, 0.15) is 23.2 Å². The molecule has 6 nitrogen and oxygen atoms in total. The lowest BCUT2D eigenvalue weighted by Gasteiger charge is -2.44. The van der Waals surface area contributed by atoms with Crippen LogP contribution >= 0.6 is 11.8 Å². The van der Waals surface area contributed by atoms with E-state index in [0.29, 0.717) is 49.5 Å². The maximum atomic E-state index is 13.6. The number of anilines is 1. The van der Waals surface area contributed by atoms with E-state index in [1.54, 1.807) is 42.0 Å². The number of hydrogen-bond donors (Lipinski definition) is 1. The molecule has 1 N–H and O–H groups in total. The smallest absolute Gasteiger partial charge is 0.321 e. The molecule has 3 amide bonds. The van der Waals surface area contributed by atoms with Gasteiger partial charge in [-0.05, 0) is 43.2 Å². The first-order valence-electron chi connectivity index (χ1n) is 9.92. The second-order valence-electron chi connectivity index (χ2n) is 7.41. The highest BCUT2D eigenvalue weighted by molar-refractivity contribution is 8.00. The number of carbonyl (C=O) groups excluding carboxylic acids is 2. The van der Waals surface area contributed by atoms with Crippen molar-refractivity contribution in [2.75, 3.05) is 37.8 Å². The number of methoxy groups -OCH3 is 1. The highest BCUT2D eigenvalue weighted by Gasteiger charge is 2.47. The van der Waals surface area contributed by atoms with Crippen molar-refractivity contribution >= 4 is 29.4 Å². The van der Waals surface area contributed by atoms with Crippen molar-refractivity contribution in [1.82, 2.24) is 9.80 Å². The summed E-state index contributed by atoms with van der Waals surface area (Å²) in [6, 6.07) is 12.9. The number of piperidine rings is 1. The zero-order chi connectivity index (χ0) is 21.1. The van der Waals surface area contributed by atoms with E-state index in [-0.39, 0.29) is 16.8 Å². The van der Waals surface area contributed by atoms with Gasteiger partial charge in [0.2, 0.25) is 0 Å². The van der Waals surface area contributed by atoms with Gasteiger partial charge in [-0.1, -0.05) is 12.1 Å². The Morgan fingerprint density at radius 3 is 2.60 bits per heavy atom. The van der Waals surface area contributed by atoms with Gasteiger partial charge in [-0.2, -0.15) is 0 Å². The van der Waals surface area contributed by atoms with E-state index in [9.17, 15) is 14.0 Å². The summed E-state index contributed by atoms with van der Waals surface area (Å²) in [6.45, 7) is 1.74. The molecule has 0 unspecified atom stereocenters. The van der Waals surface area contributed by atoms with Crippen molar-refractivity contribution in [2.45, 2.75) is 17.7 Å². The van der Waals surface area contributed by atoms with Crippen LogP contribution in [0.3, 0.4) is 0 Å². The normalized spacial score (nSPS) is 17.8. The number of nitrogens with one attached hydrogen (secondary N) is 1. The Balaban J connectivity index is 1.41. The number of rotatable bonds is 3. The average molecular weight is 430 g/mol. The van der Waals surface area contributed by atoms with E-state index in [1.807, 2.05) is 23.1 Å². The van der Waals surface area contributed by atoms with Gasteiger partial charge in [0.05, 0.1) is 12.0 Å². The Kier molecular flexibility index (Phi) is 5.85.